The highest BCUT2D eigenvalue weighted by atomic mass is 16.5. The number of aromatic nitrogens is 2. The molecular weight excluding hydrogens is 418 g/mol. The molecule has 0 unspecified atom stereocenters. The zero-order valence-electron chi connectivity index (χ0n) is 20.1. The van der Waals surface area contributed by atoms with Crippen molar-refractivity contribution in [3.63, 3.8) is 0 Å². The number of fused-ring (bicyclic) bond motifs is 1. The van der Waals surface area contributed by atoms with Crippen molar-refractivity contribution in [3.8, 4) is 17.2 Å². The molecule has 0 spiro atoms. The molecule has 33 heavy (non-hydrogen) atoms. The first-order valence-electron chi connectivity index (χ1n) is 11.6. The number of nitrogens with zero attached hydrogens (tertiary/aromatic N) is 2. The third-order valence-electron chi connectivity index (χ3n) is 5.29. The van der Waals surface area contributed by atoms with Gasteiger partial charge in [-0.1, -0.05) is 44.9 Å². The van der Waals surface area contributed by atoms with Crippen LogP contribution in [-0.2, 0) is 16.0 Å². The Balaban J connectivity index is 0.000000569. The van der Waals surface area contributed by atoms with Gasteiger partial charge in [0.1, 0.15) is 5.78 Å². The van der Waals surface area contributed by atoms with E-state index in [0.717, 1.165) is 54.5 Å². The number of hydrogen-bond donors (Lipinski definition) is 1. The summed E-state index contributed by atoms with van der Waals surface area (Å²) in [6, 6.07) is 9.95. The number of nitrogens with one attached hydrogen (secondary N) is 1. The SMILES string of the molecule is CCC(=O)CCCCCCc1ncc(-c2cc3ccccc3nc2OC)o1.CCC(=O)NC. The van der Waals surface area contributed by atoms with Crippen molar-refractivity contribution in [2.24, 2.45) is 0 Å². The second kappa shape index (κ2) is 14.0. The van der Waals surface area contributed by atoms with Gasteiger partial charge in [-0.2, -0.15) is 0 Å². The Morgan fingerprint density at radius 2 is 1.82 bits per heavy atom. The van der Waals surface area contributed by atoms with Gasteiger partial charge in [-0.15, -0.1) is 0 Å². The van der Waals surface area contributed by atoms with Crippen LogP contribution < -0.4 is 10.1 Å². The number of benzene rings is 1. The van der Waals surface area contributed by atoms with E-state index < -0.39 is 0 Å². The van der Waals surface area contributed by atoms with E-state index in [-0.39, 0.29) is 5.91 Å². The summed E-state index contributed by atoms with van der Waals surface area (Å²) >= 11 is 0. The number of ether oxygens (including phenoxy) is 1. The summed E-state index contributed by atoms with van der Waals surface area (Å²) in [5.41, 5.74) is 1.70. The molecule has 1 amide bonds. The van der Waals surface area contributed by atoms with Gasteiger partial charge in [0.2, 0.25) is 11.8 Å². The van der Waals surface area contributed by atoms with Gasteiger partial charge in [0.05, 0.1) is 24.4 Å². The number of pyridine rings is 1. The van der Waals surface area contributed by atoms with E-state index in [4.69, 9.17) is 9.15 Å². The van der Waals surface area contributed by atoms with Gasteiger partial charge >= 0.3 is 0 Å². The average Bonchev–Trinajstić information content (AvgIpc) is 3.33. The minimum absolute atomic E-state index is 0.0926. The van der Waals surface area contributed by atoms with Gasteiger partial charge in [-0.25, -0.2) is 9.97 Å². The van der Waals surface area contributed by atoms with E-state index in [0.29, 0.717) is 36.7 Å². The van der Waals surface area contributed by atoms with Crippen LogP contribution in [-0.4, -0.2) is 35.8 Å². The number of carbonyl (C=O) groups is 2. The molecule has 0 atom stereocenters. The number of unbranched alkanes of at least 4 members (excludes halogenated alkanes) is 3. The molecule has 7 nitrogen and oxygen atoms in total. The third kappa shape index (κ3) is 8.33. The van der Waals surface area contributed by atoms with Crippen molar-refractivity contribution in [2.45, 2.75) is 65.2 Å². The minimum atomic E-state index is 0.0926. The van der Waals surface area contributed by atoms with Crippen LogP contribution >= 0.6 is 0 Å². The maximum absolute atomic E-state index is 11.3. The quantitative estimate of drug-likeness (QED) is 0.385. The first kappa shape index (κ1) is 26.0. The highest BCUT2D eigenvalue weighted by Gasteiger charge is 2.14. The topological polar surface area (TPSA) is 94.3 Å². The molecule has 3 aromatic rings. The lowest BCUT2D eigenvalue weighted by Crippen LogP contribution is -2.15. The first-order valence-corrected chi connectivity index (χ1v) is 11.6. The summed E-state index contributed by atoms with van der Waals surface area (Å²) < 4.78 is 11.4. The lowest BCUT2D eigenvalue weighted by Gasteiger charge is -2.07. The monoisotopic (exact) mass is 453 g/mol. The van der Waals surface area contributed by atoms with Crippen LogP contribution in [0.3, 0.4) is 0 Å². The molecule has 0 aliphatic rings. The summed E-state index contributed by atoms with van der Waals surface area (Å²) in [7, 11) is 3.24. The van der Waals surface area contributed by atoms with Crippen LogP contribution in [0.4, 0.5) is 0 Å². The summed E-state index contributed by atoms with van der Waals surface area (Å²) in [5, 5.41) is 3.51. The molecule has 0 bridgehead atoms. The fourth-order valence-corrected chi connectivity index (χ4v) is 3.29. The molecule has 178 valence electrons. The largest absolute Gasteiger partial charge is 0.480 e. The Morgan fingerprint density at radius 3 is 2.48 bits per heavy atom. The van der Waals surface area contributed by atoms with Crippen molar-refractivity contribution < 1.29 is 18.7 Å². The maximum atomic E-state index is 11.3. The molecule has 0 aliphatic heterocycles. The predicted molar refractivity (Wildman–Crippen MR) is 130 cm³/mol. The van der Waals surface area contributed by atoms with E-state index in [1.165, 1.54) is 0 Å². The van der Waals surface area contributed by atoms with Crippen molar-refractivity contribution >= 4 is 22.6 Å². The minimum Gasteiger partial charge on any atom is -0.480 e. The molecule has 1 aromatic carbocycles. The van der Waals surface area contributed by atoms with Crippen LogP contribution in [0.2, 0.25) is 0 Å². The third-order valence-corrected chi connectivity index (χ3v) is 5.29. The number of hydrogen-bond acceptors (Lipinski definition) is 6. The summed E-state index contributed by atoms with van der Waals surface area (Å²) in [4.78, 5) is 30.3. The molecule has 0 fully saturated rings. The van der Waals surface area contributed by atoms with E-state index in [2.05, 4.69) is 15.3 Å². The van der Waals surface area contributed by atoms with Crippen molar-refractivity contribution in [3.05, 3.63) is 42.4 Å². The van der Waals surface area contributed by atoms with Crippen molar-refractivity contribution in [1.29, 1.82) is 0 Å². The Hall–Kier alpha value is -3.22. The Kier molecular flexibility index (Phi) is 11.1. The molecule has 0 radical (unpaired) electrons. The van der Waals surface area contributed by atoms with Crippen LogP contribution in [0.15, 0.2) is 40.9 Å². The number of Topliss-reactive ketones (excluding diaryl/α,β-unsaturated/α-hetero) is 1. The molecule has 2 aromatic heterocycles. The molecule has 0 saturated carbocycles. The van der Waals surface area contributed by atoms with E-state index in [1.54, 1.807) is 20.4 Å². The van der Waals surface area contributed by atoms with Crippen molar-refractivity contribution in [1.82, 2.24) is 15.3 Å². The van der Waals surface area contributed by atoms with E-state index in [1.807, 2.05) is 44.2 Å². The standard InChI is InChI=1S/C22H26N2O3.C4H9NO/c1-3-17(25)11-6-4-5-7-13-21-23-15-20(27-21)18-14-16-10-8-9-12-19(16)24-22(18)26-2;1-3-4(6)5-2/h8-10,12,14-15H,3-7,11,13H2,1-2H3;3H2,1-2H3,(H,5,6). The van der Waals surface area contributed by atoms with Crippen LogP contribution in [0.1, 0.15) is 64.7 Å². The molecule has 3 rings (SSSR count). The van der Waals surface area contributed by atoms with E-state index in [9.17, 15) is 9.59 Å². The van der Waals surface area contributed by atoms with Gasteiger partial charge in [-0.05, 0) is 25.0 Å². The summed E-state index contributed by atoms with van der Waals surface area (Å²) in [5.74, 6) is 2.38. The molecule has 7 heteroatoms. The van der Waals surface area contributed by atoms with Gasteiger partial charge < -0.3 is 14.5 Å². The van der Waals surface area contributed by atoms with Gasteiger partial charge in [0, 0.05) is 38.1 Å². The number of ketones is 1. The van der Waals surface area contributed by atoms with Crippen LogP contribution in [0.5, 0.6) is 5.88 Å². The normalized spacial score (nSPS) is 10.4. The zero-order valence-corrected chi connectivity index (χ0v) is 20.1. The maximum Gasteiger partial charge on any atom is 0.224 e. The smallest absolute Gasteiger partial charge is 0.224 e. The first-order chi connectivity index (χ1) is 16.0. The van der Waals surface area contributed by atoms with Gasteiger partial charge in [-0.3, -0.25) is 9.59 Å². The number of carbonyl (C=O) groups excluding carboxylic acids is 2. The molecule has 0 saturated heterocycles. The average molecular weight is 454 g/mol. The van der Waals surface area contributed by atoms with Crippen molar-refractivity contribution in [2.75, 3.05) is 14.2 Å². The fraction of sp³-hybridized carbons (Fsp3) is 0.462. The fourth-order valence-electron chi connectivity index (χ4n) is 3.29. The Labute approximate surface area is 196 Å². The number of amides is 1. The lowest BCUT2D eigenvalue weighted by atomic mass is 10.1. The highest BCUT2D eigenvalue weighted by Crippen LogP contribution is 2.32. The summed E-state index contributed by atoms with van der Waals surface area (Å²) in [6.07, 6.45) is 8.60. The highest BCUT2D eigenvalue weighted by molar-refractivity contribution is 5.85. The number of para-hydroxylation sites is 1. The number of oxazole rings is 1. The molecule has 2 heterocycles. The predicted octanol–water partition coefficient (Wildman–Crippen LogP) is 5.51. The number of rotatable bonds is 11. The lowest BCUT2D eigenvalue weighted by molar-refractivity contribution is -0.120. The van der Waals surface area contributed by atoms with Gasteiger partial charge in [0.15, 0.2) is 11.7 Å². The number of aryl methyl sites for hydroxylation is 1. The molecule has 1 N–H and O–H groups in total. The summed E-state index contributed by atoms with van der Waals surface area (Å²) in [6.45, 7) is 3.74. The van der Waals surface area contributed by atoms with Crippen LogP contribution in [0.25, 0.3) is 22.2 Å². The van der Waals surface area contributed by atoms with E-state index >= 15 is 0 Å². The Morgan fingerprint density at radius 1 is 1.06 bits per heavy atom. The van der Waals surface area contributed by atoms with Gasteiger partial charge in [0.25, 0.3) is 0 Å². The molecular formula is C26H35N3O4. The number of methoxy groups -OCH3 is 1. The van der Waals surface area contributed by atoms with Crippen LogP contribution in [0, 0.1) is 0 Å². The molecule has 0 aliphatic carbocycles. The second-order valence-corrected chi connectivity index (χ2v) is 7.69. The second-order valence-electron chi connectivity index (χ2n) is 7.69. The zero-order chi connectivity index (χ0) is 24.1. The Bertz CT molecular complexity index is 1020.